The zero-order valence-corrected chi connectivity index (χ0v) is 17.7. The van der Waals surface area contributed by atoms with Crippen LogP contribution in [0, 0.1) is 0 Å². The number of amides is 1. The topological polar surface area (TPSA) is 83.1 Å². The molecule has 0 fully saturated rings. The summed E-state index contributed by atoms with van der Waals surface area (Å²) in [6.45, 7) is 4.81. The van der Waals surface area contributed by atoms with Crippen LogP contribution in [0.3, 0.4) is 0 Å². The maximum atomic E-state index is 12.1. The van der Waals surface area contributed by atoms with Gasteiger partial charge in [0, 0.05) is 13.0 Å². The first-order valence-electron chi connectivity index (χ1n) is 9.97. The lowest BCUT2D eigenvalue weighted by Gasteiger charge is -2.14. The third-order valence-electron chi connectivity index (χ3n) is 4.23. The van der Waals surface area contributed by atoms with E-state index in [0.29, 0.717) is 31.9 Å². The summed E-state index contributed by atoms with van der Waals surface area (Å²) in [4.78, 5) is 24.1. The van der Waals surface area contributed by atoms with E-state index < -0.39 is 12.1 Å². The van der Waals surface area contributed by atoms with Gasteiger partial charge in [-0.05, 0) is 62.2 Å². The van der Waals surface area contributed by atoms with Gasteiger partial charge in [0.1, 0.15) is 17.2 Å². The van der Waals surface area contributed by atoms with Crippen LogP contribution in [0.2, 0.25) is 0 Å². The quantitative estimate of drug-likeness (QED) is 0.422. The molecule has 1 N–H and O–H groups in total. The highest BCUT2D eigenvalue weighted by Gasteiger charge is 2.17. The molecule has 30 heavy (non-hydrogen) atoms. The summed E-state index contributed by atoms with van der Waals surface area (Å²) in [5.74, 6) is 1.46. The van der Waals surface area contributed by atoms with Gasteiger partial charge < -0.3 is 24.3 Å². The minimum atomic E-state index is -0.859. The van der Waals surface area contributed by atoms with Crippen LogP contribution in [0.15, 0.2) is 48.5 Å². The van der Waals surface area contributed by atoms with Gasteiger partial charge >= 0.3 is 5.97 Å². The minimum Gasteiger partial charge on any atom is -0.497 e. The zero-order chi connectivity index (χ0) is 21.8. The van der Waals surface area contributed by atoms with E-state index in [0.717, 1.165) is 17.1 Å². The number of ether oxygens (including phenoxy) is 4. The Morgan fingerprint density at radius 2 is 1.53 bits per heavy atom. The van der Waals surface area contributed by atoms with E-state index in [-0.39, 0.29) is 12.3 Å². The molecule has 0 bridgehead atoms. The van der Waals surface area contributed by atoms with Crippen LogP contribution in [-0.4, -0.2) is 38.3 Å². The Bertz CT molecular complexity index is 788. The van der Waals surface area contributed by atoms with Gasteiger partial charge in [0.2, 0.25) is 0 Å². The van der Waals surface area contributed by atoms with Gasteiger partial charge in [-0.1, -0.05) is 12.1 Å². The van der Waals surface area contributed by atoms with Crippen molar-refractivity contribution >= 4 is 11.9 Å². The van der Waals surface area contributed by atoms with Crippen LogP contribution in [0.5, 0.6) is 17.2 Å². The Kier molecular flexibility index (Phi) is 9.51. The SMILES string of the molecule is CCOc1ccc(OCCCC(=O)O[C@@H](C)C(=O)NCc2ccc(OC)cc2)cc1. The van der Waals surface area contributed by atoms with E-state index in [9.17, 15) is 9.59 Å². The Labute approximate surface area is 177 Å². The minimum absolute atomic E-state index is 0.174. The molecule has 0 unspecified atom stereocenters. The number of nitrogens with one attached hydrogen (secondary N) is 1. The number of rotatable bonds is 12. The van der Waals surface area contributed by atoms with Crippen molar-refractivity contribution in [2.45, 2.75) is 39.3 Å². The fourth-order valence-corrected chi connectivity index (χ4v) is 2.59. The van der Waals surface area contributed by atoms with Crippen LogP contribution in [0.1, 0.15) is 32.3 Å². The van der Waals surface area contributed by atoms with E-state index in [1.54, 1.807) is 14.0 Å². The van der Waals surface area contributed by atoms with Crippen molar-refractivity contribution in [3.05, 3.63) is 54.1 Å². The number of hydrogen-bond acceptors (Lipinski definition) is 6. The lowest BCUT2D eigenvalue weighted by molar-refractivity contribution is -0.155. The number of benzene rings is 2. The zero-order valence-electron chi connectivity index (χ0n) is 17.7. The van der Waals surface area contributed by atoms with Gasteiger partial charge in [-0.15, -0.1) is 0 Å². The second kappa shape index (κ2) is 12.4. The predicted molar refractivity (Wildman–Crippen MR) is 113 cm³/mol. The Morgan fingerprint density at radius 3 is 2.13 bits per heavy atom. The van der Waals surface area contributed by atoms with Gasteiger partial charge in [-0.2, -0.15) is 0 Å². The van der Waals surface area contributed by atoms with Gasteiger partial charge in [0.05, 0.1) is 20.3 Å². The molecule has 1 amide bonds. The summed E-state index contributed by atoms with van der Waals surface area (Å²) >= 11 is 0. The molecular formula is C23H29NO6. The van der Waals surface area contributed by atoms with E-state index >= 15 is 0 Å². The molecule has 2 aromatic rings. The van der Waals surface area contributed by atoms with Crippen molar-refractivity contribution in [1.29, 1.82) is 0 Å². The maximum absolute atomic E-state index is 12.1. The third kappa shape index (κ3) is 8.03. The highest BCUT2D eigenvalue weighted by atomic mass is 16.5. The Balaban J connectivity index is 1.62. The summed E-state index contributed by atoms with van der Waals surface area (Å²) in [7, 11) is 1.60. The molecule has 0 aliphatic carbocycles. The van der Waals surface area contributed by atoms with Gasteiger partial charge in [0.15, 0.2) is 6.10 Å². The summed E-state index contributed by atoms with van der Waals surface area (Å²) in [6, 6.07) is 14.7. The number of esters is 1. The number of methoxy groups -OCH3 is 1. The predicted octanol–water partition coefficient (Wildman–Crippen LogP) is 3.50. The second-order valence-corrected chi connectivity index (χ2v) is 6.55. The van der Waals surface area contributed by atoms with Crippen LogP contribution in [0.4, 0.5) is 0 Å². The fourth-order valence-electron chi connectivity index (χ4n) is 2.59. The standard InChI is InChI=1S/C23H29NO6/c1-4-28-20-11-13-21(14-12-20)29-15-5-6-22(25)30-17(2)23(26)24-16-18-7-9-19(27-3)10-8-18/h7-14,17H,4-6,15-16H2,1-3H3,(H,24,26)/t17-/m0/s1. The fraction of sp³-hybridized carbons (Fsp3) is 0.391. The monoisotopic (exact) mass is 415 g/mol. The number of hydrogen-bond donors (Lipinski definition) is 1. The number of carbonyl (C=O) groups is 2. The van der Waals surface area contributed by atoms with Gasteiger partial charge in [-0.3, -0.25) is 9.59 Å². The van der Waals surface area contributed by atoms with Crippen LogP contribution < -0.4 is 19.5 Å². The van der Waals surface area contributed by atoms with E-state index in [1.807, 2.05) is 55.5 Å². The van der Waals surface area contributed by atoms with Crippen LogP contribution in [0.25, 0.3) is 0 Å². The summed E-state index contributed by atoms with van der Waals surface area (Å²) in [5.41, 5.74) is 0.925. The molecule has 0 aromatic heterocycles. The highest BCUT2D eigenvalue weighted by Crippen LogP contribution is 2.17. The highest BCUT2D eigenvalue weighted by molar-refractivity contribution is 5.83. The van der Waals surface area contributed by atoms with Crippen molar-refractivity contribution in [3.8, 4) is 17.2 Å². The van der Waals surface area contributed by atoms with Gasteiger partial charge in [0.25, 0.3) is 5.91 Å². The van der Waals surface area contributed by atoms with Crippen molar-refractivity contribution in [2.75, 3.05) is 20.3 Å². The molecule has 0 aliphatic rings. The average Bonchev–Trinajstić information content (AvgIpc) is 2.76. The van der Waals surface area contributed by atoms with Crippen molar-refractivity contribution < 1.29 is 28.5 Å². The van der Waals surface area contributed by atoms with E-state index in [1.165, 1.54) is 0 Å². The van der Waals surface area contributed by atoms with Crippen molar-refractivity contribution in [3.63, 3.8) is 0 Å². The molecule has 0 aliphatic heterocycles. The molecule has 0 spiro atoms. The second-order valence-electron chi connectivity index (χ2n) is 6.55. The molecule has 7 nitrogen and oxygen atoms in total. The third-order valence-corrected chi connectivity index (χ3v) is 4.23. The van der Waals surface area contributed by atoms with Crippen LogP contribution >= 0.6 is 0 Å². The molecule has 0 radical (unpaired) electrons. The Morgan fingerprint density at radius 1 is 0.933 bits per heavy atom. The van der Waals surface area contributed by atoms with Crippen molar-refractivity contribution in [2.24, 2.45) is 0 Å². The molecule has 7 heteroatoms. The molecule has 1 atom stereocenters. The summed E-state index contributed by atoms with van der Waals surface area (Å²) < 4.78 is 21.3. The Hall–Kier alpha value is -3.22. The molecule has 2 rings (SSSR count). The summed E-state index contributed by atoms with van der Waals surface area (Å²) in [5, 5.41) is 2.75. The molecule has 162 valence electrons. The maximum Gasteiger partial charge on any atom is 0.306 e. The normalized spacial score (nSPS) is 11.3. The van der Waals surface area contributed by atoms with Gasteiger partial charge in [-0.25, -0.2) is 0 Å². The average molecular weight is 415 g/mol. The van der Waals surface area contributed by atoms with Crippen LogP contribution in [-0.2, 0) is 20.9 Å². The molecule has 0 heterocycles. The lowest BCUT2D eigenvalue weighted by atomic mass is 10.2. The molecular weight excluding hydrogens is 386 g/mol. The first kappa shape index (κ1) is 23.1. The smallest absolute Gasteiger partial charge is 0.306 e. The molecule has 2 aromatic carbocycles. The first-order chi connectivity index (χ1) is 14.5. The lowest BCUT2D eigenvalue weighted by Crippen LogP contribution is -2.35. The largest absolute Gasteiger partial charge is 0.497 e. The number of carbonyl (C=O) groups excluding carboxylic acids is 2. The first-order valence-corrected chi connectivity index (χ1v) is 9.97. The van der Waals surface area contributed by atoms with E-state index in [2.05, 4.69) is 5.32 Å². The molecule has 0 saturated heterocycles. The van der Waals surface area contributed by atoms with Crippen molar-refractivity contribution in [1.82, 2.24) is 5.32 Å². The van der Waals surface area contributed by atoms with E-state index in [4.69, 9.17) is 18.9 Å². The molecule has 0 saturated carbocycles. The summed E-state index contributed by atoms with van der Waals surface area (Å²) in [6.07, 6.45) is -0.193.